The molecule has 6 nitrogen and oxygen atoms in total. The van der Waals surface area contributed by atoms with Crippen molar-refractivity contribution in [3.05, 3.63) is 42.4 Å². The third-order valence-corrected chi connectivity index (χ3v) is 9.37. The highest BCUT2D eigenvalue weighted by atomic mass is 16.3. The zero-order chi connectivity index (χ0) is 22.5. The molecular weight excluding hydrogens is 412 g/mol. The highest BCUT2D eigenvalue weighted by Crippen LogP contribution is 2.56. The molecule has 2 amide bonds. The molecule has 176 valence electrons. The molecule has 3 N–H and O–H groups in total. The number of amides is 2. The molecule has 4 aliphatic carbocycles. The van der Waals surface area contributed by atoms with Crippen molar-refractivity contribution in [3.63, 3.8) is 0 Å². The van der Waals surface area contributed by atoms with Crippen molar-refractivity contribution in [2.24, 2.45) is 5.41 Å². The summed E-state index contributed by atoms with van der Waals surface area (Å²) in [6.07, 6.45) is 16.1. The average Bonchev–Trinajstić information content (AvgIpc) is 3.43. The molecule has 2 atom stereocenters. The lowest BCUT2D eigenvalue weighted by Gasteiger charge is -2.55. The summed E-state index contributed by atoms with van der Waals surface area (Å²) in [4.78, 5) is 17.1. The maximum atomic E-state index is 12.7. The molecule has 4 saturated carbocycles. The number of carbonyl (C=O) groups is 1. The van der Waals surface area contributed by atoms with Crippen LogP contribution in [0.2, 0.25) is 0 Å². The molecule has 33 heavy (non-hydrogen) atoms. The maximum absolute atomic E-state index is 12.7. The van der Waals surface area contributed by atoms with E-state index in [2.05, 4.69) is 44.5 Å². The van der Waals surface area contributed by atoms with Crippen molar-refractivity contribution in [2.75, 3.05) is 0 Å². The Morgan fingerprint density at radius 1 is 1.09 bits per heavy atom. The zero-order valence-corrected chi connectivity index (χ0v) is 19.4. The van der Waals surface area contributed by atoms with Crippen LogP contribution in [0.5, 0.6) is 0 Å². The van der Waals surface area contributed by atoms with E-state index in [4.69, 9.17) is 0 Å². The molecule has 2 aromatic rings. The van der Waals surface area contributed by atoms with E-state index in [0.29, 0.717) is 6.04 Å². The van der Waals surface area contributed by atoms with Gasteiger partial charge in [0, 0.05) is 17.1 Å². The molecule has 0 spiro atoms. The molecule has 6 heteroatoms. The molecule has 7 rings (SSSR count). The van der Waals surface area contributed by atoms with Crippen LogP contribution in [-0.4, -0.2) is 38.4 Å². The van der Waals surface area contributed by atoms with Gasteiger partial charge in [0.15, 0.2) is 0 Å². The van der Waals surface area contributed by atoms with Crippen molar-refractivity contribution in [1.29, 1.82) is 0 Å². The molecule has 1 aliphatic heterocycles. The molecule has 1 aromatic carbocycles. The zero-order valence-electron chi connectivity index (χ0n) is 19.4. The Labute approximate surface area is 196 Å². The first-order valence-electron chi connectivity index (χ1n) is 13.0. The number of hydrogen-bond donors (Lipinski definition) is 3. The van der Waals surface area contributed by atoms with Crippen LogP contribution in [0.3, 0.4) is 0 Å². The summed E-state index contributed by atoms with van der Waals surface area (Å²) in [6.45, 7) is 0. The van der Waals surface area contributed by atoms with Crippen molar-refractivity contribution in [3.8, 4) is 11.3 Å². The van der Waals surface area contributed by atoms with Gasteiger partial charge in [0.05, 0.1) is 30.4 Å². The Kier molecular flexibility index (Phi) is 5.24. The first-order valence-corrected chi connectivity index (χ1v) is 13.0. The largest absolute Gasteiger partial charge is 0.392 e. The topological polar surface area (TPSA) is 79.2 Å². The van der Waals surface area contributed by atoms with Crippen LogP contribution < -0.4 is 10.6 Å². The highest BCUT2D eigenvalue weighted by molar-refractivity contribution is 5.75. The Bertz CT molecular complexity index is 1000. The van der Waals surface area contributed by atoms with E-state index in [1.807, 2.05) is 12.5 Å². The minimum Gasteiger partial charge on any atom is -0.392 e. The predicted molar refractivity (Wildman–Crippen MR) is 128 cm³/mol. The maximum Gasteiger partial charge on any atom is 0.315 e. The van der Waals surface area contributed by atoms with Gasteiger partial charge in [-0.15, -0.1) is 0 Å². The van der Waals surface area contributed by atoms with Gasteiger partial charge in [-0.2, -0.15) is 0 Å². The van der Waals surface area contributed by atoms with Crippen molar-refractivity contribution in [2.45, 2.75) is 101 Å². The number of aliphatic hydroxyl groups excluding tert-OH is 1. The lowest BCUT2D eigenvalue weighted by molar-refractivity contribution is -0.0735. The third kappa shape index (κ3) is 3.67. The van der Waals surface area contributed by atoms with E-state index in [1.54, 1.807) is 0 Å². The van der Waals surface area contributed by atoms with Crippen LogP contribution >= 0.6 is 0 Å². The van der Waals surface area contributed by atoms with Gasteiger partial charge in [0.25, 0.3) is 0 Å². The summed E-state index contributed by atoms with van der Waals surface area (Å²) in [6, 6.07) is 9.03. The second-order valence-corrected chi connectivity index (χ2v) is 11.1. The van der Waals surface area contributed by atoms with Crippen LogP contribution in [0.25, 0.3) is 11.3 Å². The number of nitrogens with zero attached hydrogens (tertiary/aromatic N) is 2. The van der Waals surface area contributed by atoms with Gasteiger partial charge < -0.3 is 20.3 Å². The van der Waals surface area contributed by atoms with Crippen LogP contribution in [-0.2, 0) is 0 Å². The van der Waals surface area contributed by atoms with Crippen LogP contribution in [0.4, 0.5) is 4.79 Å². The van der Waals surface area contributed by atoms with E-state index < -0.39 is 0 Å². The monoisotopic (exact) mass is 448 g/mol. The SMILES string of the molecule is O=C(NC1CCCCC1)NC12CCC(C(O)CC3c4ccccc4-c4cncn43)(CC1)CC2. The Balaban J connectivity index is 1.10. The summed E-state index contributed by atoms with van der Waals surface area (Å²) < 4.78 is 2.23. The molecule has 2 bridgehead atoms. The van der Waals surface area contributed by atoms with E-state index in [-0.39, 0.29) is 29.1 Å². The summed E-state index contributed by atoms with van der Waals surface area (Å²) in [5.74, 6) is 0. The third-order valence-electron chi connectivity index (χ3n) is 9.37. The number of carbonyl (C=O) groups excluding carboxylic acids is 1. The van der Waals surface area contributed by atoms with Crippen LogP contribution in [0, 0.1) is 5.41 Å². The number of urea groups is 1. The van der Waals surface area contributed by atoms with E-state index >= 15 is 0 Å². The number of imidazole rings is 1. The van der Waals surface area contributed by atoms with Crippen molar-refractivity contribution in [1.82, 2.24) is 20.2 Å². The van der Waals surface area contributed by atoms with E-state index in [9.17, 15) is 9.90 Å². The summed E-state index contributed by atoms with van der Waals surface area (Å²) in [7, 11) is 0. The second-order valence-electron chi connectivity index (χ2n) is 11.1. The summed E-state index contributed by atoms with van der Waals surface area (Å²) in [5.41, 5.74) is 3.58. The molecule has 5 aliphatic rings. The summed E-state index contributed by atoms with van der Waals surface area (Å²) in [5, 5.41) is 18.2. The number of fused-ring (bicyclic) bond motifs is 6. The predicted octanol–water partition coefficient (Wildman–Crippen LogP) is 4.93. The fourth-order valence-corrected chi connectivity index (χ4v) is 7.25. The number of benzene rings is 1. The number of aliphatic hydroxyl groups is 1. The molecule has 2 heterocycles. The van der Waals surface area contributed by atoms with Gasteiger partial charge in [-0.25, -0.2) is 9.78 Å². The van der Waals surface area contributed by atoms with Crippen LogP contribution in [0.15, 0.2) is 36.8 Å². The van der Waals surface area contributed by atoms with Gasteiger partial charge >= 0.3 is 6.03 Å². The molecule has 0 saturated heterocycles. The minimum absolute atomic E-state index is 0.0204. The molecule has 0 radical (unpaired) electrons. The second kappa shape index (κ2) is 8.15. The molecule has 4 fully saturated rings. The Hall–Kier alpha value is -2.34. The van der Waals surface area contributed by atoms with Crippen molar-refractivity contribution >= 4 is 6.03 Å². The number of rotatable bonds is 5. The Morgan fingerprint density at radius 2 is 1.82 bits per heavy atom. The fourth-order valence-electron chi connectivity index (χ4n) is 7.25. The van der Waals surface area contributed by atoms with Gasteiger partial charge in [-0.1, -0.05) is 43.5 Å². The van der Waals surface area contributed by atoms with E-state index in [0.717, 1.165) is 63.5 Å². The smallest absolute Gasteiger partial charge is 0.315 e. The normalized spacial score (nSPS) is 31.6. The number of nitrogens with one attached hydrogen (secondary N) is 2. The Morgan fingerprint density at radius 3 is 2.58 bits per heavy atom. The van der Waals surface area contributed by atoms with Gasteiger partial charge in [0.1, 0.15) is 0 Å². The van der Waals surface area contributed by atoms with Crippen LogP contribution in [0.1, 0.15) is 88.7 Å². The van der Waals surface area contributed by atoms with Crippen molar-refractivity contribution < 1.29 is 9.90 Å². The van der Waals surface area contributed by atoms with Gasteiger partial charge in [-0.05, 0) is 68.8 Å². The van der Waals surface area contributed by atoms with Gasteiger partial charge in [0.2, 0.25) is 0 Å². The first kappa shape index (κ1) is 21.2. The number of hydrogen-bond acceptors (Lipinski definition) is 3. The molecular formula is C27H36N4O2. The lowest BCUT2D eigenvalue weighted by Crippen LogP contribution is -2.61. The first-order chi connectivity index (χ1) is 16.1. The highest BCUT2D eigenvalue weighted by Gasteiger charge is 2.53. The quantitative estimate of drug-likeness (QED) is 0.607. The number of aromatic nitrogens is 2. The standard InChI is InChI=1S/C27H36N4O2/c32-24(16-22-20-8-4-5-9-21(20)23-17-28-18-31(22)23)26-10-13-27(14-11-26,15-12-26)30-25(33)29-19-6-2-1-3-7-19/h4-5,8-9,17-19,22,24,32H,1-3,6-7,10-16H2,(H2,29,30,33). The summed E-state index contributed by atoms with van der Waals surface area (Å²) >= 11 is 0. The molecule has 1 aromatic heterocycles. The molecule has 2 unspecified atom stereocenters. The lowest BCUT2D eigenvalue weighted by atomic mass is 9.54. The fraction of sp³-hybridized carbons (Fsp3) is 0.630. The minimum atomic E-state index is -0.349. The average molecular weight is 449 g/mol. The van der Waals surface area contributed by atoms with Gasteiger partial charge in [-0.3, -0.25) is 0 Å². The van der Waals surface area contributed by atoms with E-state index in [1.165, 1.54) is 30.4 Å².